The molecule has 2 atom stereocenters. The normalized spacial score (nSPS) is 18.8. The summed E-state index contributed by atoms with van der Waals surface area (Å²) in [5, 5.41) is 11.4. The number of carboxylic acids is 1. The molecule has 0 amide bonds. The standard InChI is InChI=1S/C17H24N4O2.C2HF3O2/c1-20-13-14(12-19-20)11-15-16(23-10-9-22-2)6-8-21(15)17-5-3-4-7-18-17;3-2(4,5)1(6)7/h3-5,7,12-13,15-16H,6,8-11H2,1-2H3;(H,6,7)/t15-,16-;/m0./s1. The fourth-order valence-electron chi connectivity index (χ4n) is 3.17. The molecular weight excluding hydrogens is 405 g/mol. The second-order valence-electron chi connectivity index (χ2n) is 6.67. The van der Waals surface area contributed by atoms with Crippen LogP contribution in [0.1, 0.15) is 12.0 Å². The van der Waals surface area contributed by atoms with Crippen LogP contribution >= 0.6 is 0 Å². The van der Waals surface area contributed by atoms with E-state index in [4.69, 9.17) is 19.4 Å². The van der Waals surface area contributed by atoms with Crippen molar-refractivity contribution in [3.63, 3.8) is 0 Å². The summed E-state index contributed by atoms with van der Waals surface area (Å²) >= 11 is 0. The minimum atomic E-state index is -5.08. The van der Waals surface area contributed by atoms with E-state index in [1.807, 2.05) is 36.3 Å². The van der Waals surface area contributed by atoms with Crippen molar-refractivity contribution in [2.45, 2.75) is 31.2 Å². The lowest BCUT2D eigenvalue weighted by Crippen LogP contribution is -2.39. The maximum Gasteiger partial charge on any atom is 0.490 e. The molecule has 1 saturated heterocycles. The van der Waals surface area contributed by atoms with Crippen molar-refractivity contribution >= 4 is 11.8 Å². The summed E-state index contributed by atoms with van der Waals surface area (Å²) in [6.45, 7) is 2.21. The number of aliphatic carboxylic acids is 1. The fourth-order valence-corrected chi connectivity index (χ4v) is 3.17. The van der Waals surface area contributed by atoms with Gasteiger partial charge in [-0.15, -0.1) is 0 Å². The van der Waals surface area contributed by atoms with Gasteiger partial charge in [-0.25, -0.2) is 9.78 Å². The Hall–Kier alpha value is -2.66. The number of nitrogens with zero attached hydrogens (tertiary/aromatic N) is 4. The van der Waals surface area contributed by atoms with E-state index in [1.54, 1.807) is 7.11 Å². The SMILES string of the molecule is COCCO[C@H]1CCN(c2ccccn2)[C@H]1Cc1cnn(C)c1.O=C(O)C(F)(F)F. The molecule has 30 heavy (non-hydrogen) atoms. The molecule has 166 valence electrons. The summed E-state index contributed by atoms with van der Waals surface area (Å²) in [5.74, 6) is -1.74. The molecule has 1 aliphatic rings. The van der Waals surface area contributed by atoms with Crippen LogP contribution in [0.15, 0.2) is 36.8 Å². The van der Waals surface area contributed by atoms with Crippen molar-refractivity contribution in [1.82, 2.24) is 14.8 Å². The van der Waals surface area contributed by atoms with Gasteiger partial charge in [-0.1, -0.05) is 6.07 Å². The van der Waals surface area contributed by atoms with Gasteiger partial charge in [-0.3, -0.25) is 4.68 Å². The molecule has 2 aromatic heterocycles. The van der Waals surface area contributed by atoms with Gasteiger partial charge in [-0.2, -0.15) is 18.3 Å². The molecule has 0 unspecified atom stereocenters. The van der Waals surface area contributed by atoms with E-state index in [0.717, 1.165) is 25.2 Å². The summed E-state index contributed by atoms with van der Waals surface area (Å²) in [4.78, 5) is 15.8. The molecule has 0 spiro atoms. The van der Waals surface area contributed by atoms with Crippen LogP contribution in [-0.4, -0.2) is 71.0 Å². The van der Waals surface area contributed by atoms with Crippen molar-refractivity contribution in [2.75, 3.05) is 31.8 Å². The molecule has 0 saturated carbocycles. The largest absolute Gasteiger partial charge is 0.490 e. The Kier molecular flexibility index (Phi) is 8.60. The Labute approximate surface area is 172 Å². The number of aromatic nitrogens is 3. The molecule has 2 aromatic rings. The molecular formula is C19H25F3N4O4. The predicted octanol–water partition coefficient (Wildman–Crippen LogP) is 2.30. The minimum Gasteiger partial charge on any atom is -0.475 e. The zero-order valence-electron chi connectivity index (χ0n) is 16.7. The van der Waals surface area contributed by atoms with Crippen molar-refractivity contribution in [3.05, 3.63) is 42.4 Å². The number of halogens is 3. The third-order valence-corrected chi connectivity index (χ3v) is 4.49. The van der Waals surface area contributed by atoms with Gasteiger partial charge in [0.15, 0.2) is 0 Å². The Morgan fingerprint density at radius 1 is 1.33 bits per heavy atom. The average molecular weight is 430 g/mol. The van der Waals surface area contributed by atoms with Crippen LogP contribution in [-0.2, 0) is 27.7 Å². The van der Waals surface area contributed by atoms with Crippen molar-refractivity contribution in [3.8, 4) is 0 Å². The lowest BCUT2D eigenvalue weighted by Gasteiger charge is -2.28. The van der Waals surface area contributed by atoms with Crippen LogP contribution in [0.25, 0.3) is 0 Å². The molecule has 1 aliphatic heterocycles. The maximum atomic E-state index is 10.6. The summed E-state index contributed by atoms with van der Waals surface area (Å²) in [6.07, 6.45) is 2.86. The lowest BCUT2D eigenvalue weighted by atomic mass is 10.0. The van der Waals surface area contributed by atoms with Crippen LogP contribution in [0, 0.1) is 0 Å². The van der Waals surface area contributed by atoms with E-state index < -0.39 is 12.1 Å². The number of hydrogen-bond acceptors (Lipinski definition) is 6. The number of rotatable bonds is 7. The van der Waals surface area contributed by atoms with Gasteiger partial charge in [0.05, 0.1) is 31.6 Å². The van der Waals surface area contributed by atoms with Gasteiger partial charge in [0.25, 0.3) is 0 Å². The first-order chi connectivity index (χ1) is 14.2. The monoisotopic (exact) mass is 430 g/mol. The highest BCUT2D eigenvalue weighted by atomic mass is 19.4. The Morgan fingerprint density at radius 3 is 2.60 bits per heavy atom. The third-order valence-electron chi connectivity index (χ3n) is 4.49. The smallest absolute Gasteiger partial charge is 0.475 e. The molecule has 0 aliphatic carbocycles. The zero-order chi connectivity index (χ0) is 22.1. The van der Waals surface area contributed by atoms with E-state index >= 15 is 0 Å². The van der Waals surface area contributed by atoms with Crippen LogP contribution in [0.3, 0.4) is 0 Å². The number of aryl methyl sites for hydroxylation is 1. The second kappa shape index (κ2) is 10.9. The Morgan fingerprint density at radius 2 is 2.07 bits per heavy atom. The molecule has 0 radical (unpaired) electrons. The van der Waals surface area contributed by atoms with E-state index in [0.29, 0.717) is 13.2 Å². The first kappa shape index (κ1) is 23.6. The number of methoxy groups -OCH3 is 1. The number of ether oxygens (including phenoxy) is 2. The van der Waals surface area contributed by atoms with Crippen molar-refractivity contribution in [1.29, 1.82) is 0 Å². The Balaban J connectivity index is 0.000000396. The van der Waals surface area contributed by atoms with Crippen LogP contribution < -0.4 is 4.90 Å². The number of hydrogen-bond donors (Lipinski definition) is 1. The summed E-state index contributed by atoms with van der Waals surface area (Å²) < 4.78 is 44.8. The fraction of sp³-hybridized carbons (Fsp3) is 0.526. The first-order valence-electron chi connectivity index (χ1n) is 9.28. The molecule has 11 heteroatoms. The molecule has 8 nitrogen and oxygen atoms in total. The van der Waals surface area contributed by atoms with E-state index in [2.05, 4.69) is 27.2 Å². The highest BCUT2D eigenvalue weighted by molar-refractivity contribution is 5.73. The highest BCUT2D eigenvalue weighted by Gasteiger charge is 2.38. The molecule has 1 fully saturated rings. The summed E-state index contributed by atoms with van der Waals surface area (Å²) in [6, 6.07) is 6.31. The molecule has 0 aromatic carbocycles. The first-order valence-corrected chi connectivity index (χ1v) is 9.28. The zero-order valence-corrected chi connectivity index (χ0v) is 16.7. The number of pyridine rings is 1. The molecule has 3 heterocycles. The number of alkyl halides is 3. The van der Waals surface area contributed by atoms with Gasteiger partial charge < -0.3 is 19.5 Å². The van der Waals surface area contributed by atoms with Gasteiger partial charge in [0.1, 0.15) is 5.82 Å². The van der Waals surface area contributed by atoms with Gasteiger partial charge in [0, 0.05) is 33.1 Å². The molecule has 3 rings (SSSR count). The summed E-state index contributed by atoms with van der Waals surface area (Å²) in [7, 11) is 3.65. The predicted molar refractivity (Wildman–Crippen MR) is 102 cm³/mol. The van der Waals surface area contributed by atoms with Crippen LogP contribution in [0.5, 0.6) is 0 Å². The summed E-state index contributed by atoms with van der Waals surface area (Å²) in [5.41, 5.74) is 1.22. The Bertz CT molecular complexity index is 786. The average Bonchev–Trinajstić information content (AvgIpc) is 3.29. The van der Waals surface area contributed by atoms with E-state index in [9.17, 15) is 13.2 Å². The minimum absolute atomic E-state index is 0.187. The van der Waals surface area contributed by atoms with E-state index in [-0.39, 0.29) is 12.1 Å². The van der Waals surface area contributed by atoms with Crippen LogP contribution in [0.2, 0.25) is 0 Å². The number of anilines is 1. The van der Waals surface area contributed by atoms with Gasteiger partial charge >= 0.3 is 12.1 Å². The van der Waals surface area contributed by atoms with E-state index in [1.165, 1.54) is 5.56 Å². The topological polar surface area (TPSA) is 89.7 Å². The molecule has 1 N–H and O–H groups in total. The van der Waals surface area contributed by atoms with Crippen molar-refractivity contribution < 1.29 is 32.5 Å². The van der Waals surface area contributed by atoms with Gasteiger partial charge in [0.2, 0.25) is 0 Å². The second-order valence-corrected chi connectivity index (χ2v) is 6.67. The van der Waals surface area contributed by atoms with Gasteiger partial charge in [-0.05, 0) is 30.5 Å². The third kappa shape index (κ3) is 6.99. The number of carboxylic acid groups (broad SMARTS) is 1. The maximum absolute atomic E-state index is 10.6. The van der Waals surface area contributed by atoms with Crippen LogP contribution in [0.4, 0.5) is 19.0 Å². The number of carbonyl (C=O) groups is 1. The van der Waals surface area contributed by atoms with Crippen molar-refractivity contribution in [2.24, 2.45) is 7.05 Å². The quantitative estimate of drug-likeness (QED) is 0.674. The highest BCUT2D eigenvalue weighted by Crippen LogP contribution is 2.28. The lowest BCUT2D eigenvalue weighted by molar-refractivity contribution is -0.192. The molecule has 0 bridgehead atoms.